The van der Waals surface area contributed by atoms with E-state index in [1.165, 1.54) is 0 Å². The molecule has 0 nitrogen and oxygen atoms in total. The van der Waals surface area contributed by atoms with E-state index in [9.17, 15) is 22.0 Å². The monoisotopic (exact) mass is 360 g/mol. The van der Waals surface area contributed by atoms with Gasteiger partial charge in [-0.1, -0.05) is 0 Å². The van der Waals surface area contributed by atoms with Crippen LogP contribution in [0.3, 0.4) is 0 Å². The lowest BCUT2D eigenvalue weighted by Crippen LogP contribution is -2.89. The molecule has 14 heavy (non-hydrogen) atoms. The Morgan fingerprint density at radius 1 is 0.929 bits per heavy atom. The standard InChI is InChI=1S/C6Br2ClF5/c7-5(13)3(9)1(10)2(11)4(3,12)6(5,8)14. The van der Waals surface area contributed by atoms with E-state index in [1.807, 2.05) is 15.9 Å². The molecule has 4 unspecified atom stereocenters. The Morgan fingerprint density at radius 3 is 1.71 bits per heavy atom. The van der Waals surface area contributed by atoms with Crippen LogP contribution in [0.25, 0.3) is 0 Å². The minimum Gasteiger partial charge on any atom is -0.229 e. The predicted octanol–water partition coefficient (Wildman–Crippen LogP) is 3.97. The molecule has 4 atom stereocenters. The summed E-state index contributed by atoms with van der Waals surface area (Å²) in [6, 6.07) is 0. The molecule has 0 spiro atoms. The molecule has 2 aliphatic carbocycles. The number of hydrogen-bond acceptors (Lipinski definition) is 0. The molecule has 0 N–H and O–H groups in total. The van der Waals surface area contributed by atoms with Crippen molar-refractivity contribution in [1.29, 1.82) is 0 Å². The lowest BCUT2D eigenvalue weighted by molar-refractivity contribution is -0.185. The first-order valence-electron chi connectivity index (χ1n) is 3.26. The van der Waals surface area contributed by atoms with E-state index >= 15 is 0 Å². The molecule has 2 aliphatic rings. The van der Waals surface area contributed by atoms with Crippen LogP contribution in [-0.4, -0.2) is 19.7 Å². The molecular weight excluding hydrogens is 362 g/mol. The fourth-order valence-electron chi connectivity index (χ4n) is 1.62. The largest absolute Gasteiger partial charge is 0.253 e. The zero-order valence-electron chi connectivity index (χ0n) is 6.02. The third-order valence-electron chi connectivity index (χ3n) is 2.53. The Morgan fingerprint density at radius 2 is 1.36 bits per heavy atom. The van der Waals surface area contributed by atoms with Crippen molar-refractivity contribution in [3.8, 4) is 0 Å². The highest BCUT2D eigenvalue weighted by atomic mass is 79.9. The van der Waals surface area contributed by atoms with Crippen LogP contribution in [0.2, 0.25) is 0 Å². The third-order valence-corrected chi connectivity index (χ3v) is 6.21. The number of halogens is 8. The lowest BCUT2D eigenvalue weighted by Gasteiger charge is -2.66. The molecule has 0 heterocycles. The SMILES string of the molecule is FC1=C(F)C2(Cl)C(F)(Br)C(F)(Br)C12F. The van der Waals surface area contributed by atoms with Crippen molar-refractivity contribution >= 4 is 43.5 Å². The Balaban J connectivity index is 2.65. The van der Waals surface area contributed by atoms with Gasteiger partial charge in [0, 0.05) is 0 Å². The van der Waals surface area contributed by atoms with Crippen LogP contribution < -0.4 is 0 Å². The summed E-state index contributed by atoms with van der Waals surface area (Å²) in [6.45, 7) is 0. The fourth-order valence-corrected chi connectivity index (χ4v) is 3.76. The van der Waals surface area contributed by atoms with Gasteiger partial charge in [0.1, 0.15) is 0 Å². The quantitative estimate of drug-likeness (QED) is 0.452. The maximum absolute atomic E-state index is 13.5. The summed E-state index contributed by atoms with van der Waals surface area (Å²) < 4.78 is 59.0. The smallest absolute Gasteiger partial charge is 0.229 e. The second-order valence-electron chi connectivity index (χ2n) is 3.09. The average Bonchev–Trinajstić information content (AvgIpc) is 2.11. The normalized spacial score (nSPS) is 61.7. The second-order valence-corrected chi connectivity index (χ2v) is 5.85. The average molecular weight is 362 g/mol. The third kappa shape index (κ3) is 0.618. The summed E-state index contributed by atoms with van der Waals surface area (Å²) in [5.41, 5.74) is -3.51. The molecule has 1 fully saturated rings. The van der Waals surface area contributed by atoms with E-state index in [2.05, 4.69) is 15.9 Å². The summed E-state index contributed by atoms with van der Waals surface area (Å²) in [5, 5.41) is 0. The van der Waals surface area contributed by atoms with Crippen molar-refractivity contribution in [2.24, 2.45) is 0 Å². The first-order chi connectivity index (χ1) is 6.07. The number of alkyl halides is 6. The van der Waals surface area contributed by atoms with Crippen molar-refractivity contribution in [1.82, 2.24) is 0 Å². The van der Waals surface area contributed by atoms with Crippen LogP contribution in [-0.2, 0) is 0 Å². The second kappa shape index (κ2) is 2.32. The van der Waals surface area contributed by atoms with Crippen LogP contribution >= 0.6 is 43.5 Å². The van der Waals surface area contributed by atoms with Gasteiger partial charge in [0.15, 0.2) is 16.5 Å². The van der Waals surface area contributed by atoms with Crippen molar-refractivity contribution < 1.29 is 22.0 Å². The highest BCUT2D eigenvalue weighted by Gasteiger charge is 3.00. The lowest BCUT2D eigenvalue weighted by atomic mass is 9.57. The minimum atomic E-state index is -3.51. The van der Waals surface area contributed by atoms with Crippen molar-refractivity contribution in [3.63, 3.8) is 0 Å². The zero-order valence-corrected chi connectivity index (χ0v) is 9.95. The maximum atomic E-state index is 13.5. The van der Waals surface area contributed by atoms with Crippen LogP contribution in [0.15, 0.2) is 11.7 Å². The van der Waals surface area contributed by atoms with E-state index in [4.69, 9.17) is 11.6 Å². The molecule has 0 saturated heterocycles. The predicted molar refractivity (Wildman–Crippen MR) is 47.2 cm³/mol. The summed E-state index contributed by atoms with van der Waals surface area (Å²) in [7, 11) is 0. The fraction of sp³-hybridized carbons (Fsp3) is 0.667. The molecule has 0 aromatic carbocycles. The molecule has 2 rings (SSSR count). The van der Waals surface area contributed by atoms with Gasteiger partial charge in [0.2, 0.25) is 10.2 Å². The van der Waals surface area contributed by atoms with Crippen LogP contribution in [0, 0.1) is 0 Å². The molecule has 0 aliphatic heterocycles. The Kier molecular flexibility index (Phi) is 1.85. The summed E-state index contributed by atoms with van der Waals surface area (Å²) in [6.07, 6.45) is 0. The van der Waals surface area contributed by atoms with Crippen LogP contribution in [0.4, 0.5) is 22.0 Å². The first-order valence-corrected chi connectivity index (χ1v) is 5.23. The Labute approximate surface area is 96.7 Å². The Bertz CT molecular complexity index is 333. The van der Waals surface area contributed by atoms with Gasteiger partial charge in [-0.15, -0.1) is 11.6 Å². The van der Waals surface area contributed by atoms with Gasteiger partial charge in [-0.25, -0.2) is 22.0 Å². The van der Waals surface area contributed by atoms with Crippen molar-refractivity contribution in [2.75, 3.05) is 0 Å². The van der Waals surface area contributed by atoms with Gasteiger partial charge in [-0.3, -0.25) is 0 Å². The number of hydrogen-bond donors (Lipinski definition) is 0. The van der Waals surface area contributed by atoms with Gasteiger partial charge >= 0.3 is 0 Å². The topological polar surface area (TPSA) is 0 Å². The van der Waals surface area contributed by atoms with E-state index < -0.39 is 31.4 Å². The summed E-state index contributed by atoms with van der Waals surface area (Å²) >= 11 is 9.28. The number of rotatable bonds is 0. The van der Waals surface area contributed by atoms with Crippen LogP contribution in [0.1, 0.15) is 0 Å². The highest BCUT2D eigenvalue weighted by molar-refractivity contribution is 9.13. The summed E-state index contributed by atoms with van der Waals surface area (Å²) in [4.78, 5) is -2.97. The van der Waals surface area contributed by atoms with E-state index in [0.717, 1.165) is 0 Å². The van der Waals surface area contributed by atoms with Crippen molar-refractivity contribution in [2.45, 2.75) is 19.7 Å². The molecule has 0 bridgehead atoms. The Hall–Kier alpha value is 0.640. The number of allylic oxidation sites excluding steroid dienone is 2. The molecule has 0 amide bonds. The van der Waals surface area contributed by atoms with E-state index in [1.54, 1.807) is 0 Å². The summed E-state index contributed by atoms with van der Waals surface area (Å²) in [5.74, 6) is -3.84. The van der Waals surface area contributed by atoms with E-state index in [0.29, 0.717) is 0 Å². The van der Waals surface area contributed by atoms with Crippen molar-refractivity contribution in [3.05, 3.63) is 11.7 Å². The van der Waals surface area contributed by atoms with E-state index in [-0.39, 0.29) is 0 Å². The molecule has 1 saturated carbocycles. The highest BCUT2D eigenvalue weighted by Crippen LogP contribution is 2.82. The zero-order chi connectivity index (χ0) is 11.2. The molecule has 8 heteroatoms. The molecule has 0 aromatic heterocycles. The van der Waals surface area contributed by atoms with Gasteiger partial charge < -0.3 is 0 Å². The number of fused-ring (bicyclic) bond motifs is 1. The molecular formula is C6Br2ClF5. The van der Waals surface area contributed by atoms with Gasteiger partial charge in [-0.05, 0) is 31.9 Å². The van der Waals surface area contributed by atoms with Gasteiger partial charge in [-0.2, -0.15) is 0 Å². The van der Waals surface area contributed by atoms with Crippen LogP contribution in [0.5, 0.6) is 0 Å². The van der Waals surface area contributed by atoms with Gasteiger partial charge in [0.25, 0.3) is 4.58 Å². The maximum Gasteiger partial charge on any atom is 0.253 e. The molecule has 0 radical (unpaired) electrons. The van der Waals surface area contributed by atoms with Gasteiger partial charge in [0.05, 0.1) is 0 Å². The molecule has 80 valence electrons. The first kappa shape index (κ1) is 11.1. The molecule has 0 aromatic rings. The minimum absolute atomic E-state index is 1.83.